The van der Waals surface area contributed by atoms with Crippen LogP contribution >= 0.6 is 0 Å². The van der Waals surface area contributed by atoms with Crippen molar-refractivity contribution in [3.63, 3.8) is 0 Å². The quantitative estimate of drug-likeness (QED) is 0.326. The van der Waals surface area contributed by atoms with E-state index in [0.29, 0.717) is 0 Å². The van der Waals surface area contributed by atoms with Crippen LogP contribution < -0.4 is 0 Å². The second kappa shape index (κ2) is 3.04. The summed E-state index contributed by atoms with van der Waals surface area (Å²) in [6.07, 6.45) is -5.99. The van der Waals surface area contributed by atoms with Crippen molar-refractivity contribution in [2.75, 3.05) is 0 Å². The predicted molar refractivity (Wildman–Crippen MR) is 34.6 cm³/mol. The Hall–Kier alpha value is -0.200. The third-order valence-electron chi connectivity index (χ3n) is 1.83. The van der Waals surface area contributed by atoms with Crippen LogP contribution in [0, 0.1) is 0 Å². The zero-order valence-electron chi connectivity index (χ0n) is 6.08. The molecule has 1 heterocycles. The van der Waals surface area contributed by atoms with Gasteiger partial charge in [-0.15, -0.1) is 0 Å². The monoisotopic (exact) mass is 164 g/mol. The van der Waals surface area contributed by atoms with E-state index in [2.05, 4.69) is 4.74 Å². The summed E-state index contributed by atoms with van der Waals surface area (Å²) in [4.78, 5) is 0. The Morgan fingerprint density at radius 3 is 2.00 bits per heavy atom. The van der Waals surface area contributed by atoms with Crippen LogP contribution in [0.25, 0.3) is 0 Å². The molecular formula is C6H12O5. The van der Waals surface area contributed by atoms with Gasteiger partial charge in [-0.3, -0.25) is 0 Å². The average molecular weight is 164 g/mol. The van der Waals surface area contributed by atoms with Crippen LogP contribution in [0.1, 0.15) is 6.92 Å². The van der Waals surface area contributed by atoms with Crippen LogP contribution in [-0.2, 0) is 4.74 Å². The lowest BCUT2D eigenvalue weighted by molar-refractivity contribution is -0.277. The van der Waals surface area contributed by atoms with E-state index in [1.54, 1.807) is 0 Å². The van der Waals surface area contributed by atoms with Crippen molar-refractivity contribution in [2.24, 2.45) is 0 Å². The van der Waals surface area contributed by atoms with Gasteiger partial charge in [-0.2, -0.15) is 0 Å². The minimum absolute atomic E-state index is 0.664. The van der Waals surface area contributed by atoms with Gasteiger partial charge in [0.15, 0.2) is 6.29 Å². The van der Waals surface area contributed by atoms with Crippen molar-refractivity contribution in [1.29, 1.82) is 0 Å². The van der Waals surface area contributed by atoms with Crippen LogP contribution in [-0.4, -0.2) is 51.1 Å². The summed E-state index contributed by atoms with van der Waals surface area (Å²) in [6, 6.07) is 0. The highest BCUT2D eigenvalue weighted by Gasteiger charge is 2.40. The van der Waals surface area contributed by atoms with E-state index in [1.807, 2.05) is 0 Å². The summed E-state index contributed by atoms with van der Waals surface area (Å²) in [5.41, 5.74) is 0. The van der Waals surface area contributed by atoms with Gasteiger partial charge in [0.05, 0.1) is 6.10 Å². The highest BCUT2D eigenvalue weighted by molar-refractivity contribution is 4.86. The van der Waals surface area contributed by atoms with Gasteiger partial charge in [-0.25, -0.2) is 0 Å². The van der Waals surface area contributed by atoms with Gasteiger partial charge in [0.25, 0.3) is 0 Å². The molecule has 1 aliphatic rings. The maximum absolute atomic E-state index is 9.09. The first-order valence-corrected chi connectivity index (χ1v) is 3.41. The lowest BCUT2D eigenvalue weighted by Crippen LogP contribution is -2.56. The maximum Gasteiger partial charge on any atom is 0.183 e. The van der Waals surface area contributed by atoms with Crippen molar-refractivity contribution < 1.29 is 25.2 Å². The first kappa shape index (κ1) is 8.89. The van der Waals surface area contributed by atoms with Crippen LogP contribution in [0.2, 0.25) is 0 Å². The molecule has 0 radical (unpaired) electrons. The SMILES string of the molecule is C[C@H]1OC(O)[C@H](O)[C@H](O)[C@H]1O. The molecule has 0 amide bonds. The van der Waals surface area contributed by atoms with Crippen molar-refractivity contribution >= 4 is 0 Å². The Kier molecular flexibility index (Phi) is 2.46. The van der Waals surface area contributed by atoms with E-state index >= 15 is 0 Å². The number of ether oxygens (including phenoxy) is 1. The molecule has 4 N–H and O–H groups in total. The number of rotatable bonds is 0. The van der Waals surface area contributed by atoms with Crippen LogP contribution in [0.4, 0.5) is 0 Å². The molecule has 1 aliphatic heterocycles. The van der Waals surface area contributed by atoms with Gasteiger partial charge in [0.2, 0.25) is 0 Å². The normalized spacial score (nSPS) is 52.6. The molecule has 1 unspecified atom stereocenters. The lowest BCUT2D eigenvalue weighted by atomic mass is 10.0. The largest absolute Gasteiger partial charge is 0.388 e. The Labute approximate surface area is 63.8 Å². The highest BCUT2D eigenvalue weighted by atomic mass is 16.6. The number of aliphatic hydroxyl groups is 4. The van der Waals surface area contributed by atoms with E-state index in [9.17, 15) is 0 Å². The van der Waals surface area contributed by atoms with E-state index in [-0.39, 0.29) is 0 Å². The van der Waals surface area contributed by atoms with Gasteiger partial charge in [-0.05, 0) is 6.92 Å². The van der Waals surface area contributed by atoms with E-state index in [4.69, 9.17) is 20.4 Å². The van der Waals surface area contributed by atoms with Crippen molar-refractivity contribution in [2.45, 2.75) is 37.6 Å². The van der Waals surface area contributed by atoms with E-state index in [1.165, 1.54) is 6.92 Å². The first-order chi connectivity index (χ1) is 5.04. The van der Waals surface area contributed by atoms with Gasteiger partial charge >= 0.3 is 0 Å². The Morgan fingerprint density at radius 2 is 1.45 bits per heavy atom. The molecule has 5 nitrogen and oxygen atoms in total. The number of aliphatic hydroxyl groups excluding tert-OH is 4. The van der Waals surface area contributed by atoms with Gasteiger partial charge in [0, 0.05) is 0 Å². The molecule has 5 heteroatoms. The Morgan fingerprint density at radius 1 is 0.909 bits per heavy atom. The molecule has 5 atom stereocenters. The van der Waals surface area contributed by atoms with Gasteiger partial charge in [-0.1, -0.05) is 0 Å². The van der Waals surface area contributed by atoms with Crippen LogP contribution in [0.3, 0.4) is 0 Å². The molecule has 0 aromatic heterocycles. The molecule has 1 saturated heterocycles. The van der Waals surface area contributed by atoms with Gasteiger partial charge in [0.1, 0.15) is 18.3 Å². The average Bonchev–Trinajstić information content (AvgIpc) is 1.97. The summed E-state index contributed by atoms with van der Waals surface area (Å²) in [7, 11) is 0. The Balaban J connectivity index is 2.63. The molecule has 0 aromatic carbocycles. The molecule has 1 rings (SSSR count). The number of hydrogen-bond donors (Lipinski definition) is 4. The molecule has 0 aromatic rings. The van der Waals surface area contributed by atoms with Crippen molar-refractivity contribution in [1.82, 2.24) is 0 Å². The molecule has 0 saturated carbocycles. The fraction of sp³-hybridized carbons (Fsp3) is 1.00. The topological polar surface area (TPSA) is 90.2 Å². The second-order valence-electron chi connectivity index (χ2n) is 2.70. The fourth-order valence-electron chi connectivity index (χ4n) is 1.03. The second-order valence-corrected chi connectivity index (χ2v) is 2.70. The number of hydrogen-bond acceptors (Lipinski definition) is 5. The molecular weight excluding hydrogens is 152 g/mol. The molecule has 0 spiro atoms. The van der Waals surface area contributed by atoms with E-state index in [0.717, 1.165) is 0 Å². The molecule has 0 bridgehead atoms. The van der Waals surface area contributed by atoms with Crippen molar-refractivity contribution in [3.8, 4) is 0 Å². The first-order valence-electron chi connectivity index (χ1n) is 3.41. The smallest absolute Gasteiger partial charge is 0.183 e. The third kappa shape index (κ3) is 1.52. The van der Waals surface area contributed by atoms with Crippen LogP contribution in [0.5, 0.6) is 0 Å². The summed E-state index contributed by atoms with van der Waals surface area (Å²) in [5, 5.41) is 36.0. The standard InChI is InChI=1S/C6H12O5/c1-2-3(7)4(8)5(9)6(10)11-2/h2-10H,1H3/t2-,3+,4-,5-,6?/m1/s1. The minimum atomic E-state index is -1.43. The summed E-state index contributed by atoms with van der Waals surface area (Å²) >= 11 is 0. The summed E-state index contributed by atoms with van der Waals surface area (Å²) in [5.74, 6) is 0. The lowest BCUT2D eigenvalue weighted by Gasteiger charge is -2.36. The van der Waals surface area contributed by atoms with Crippen LogP contribution in [0.15, 0.2) is 0 Å². The third-order valence-corrected chi connectivity index (χ3v) is 1.83. The molecule has 1 fully saturated rings. The molecule has 66 valence electrons. The Bertz CT molecular complexity index is 125. The maximum atomic E-state index is 9.09. The van der Waals surface area contributed by atoms with E-state index < -0.39 is 30.7 Å². The zero-order valence-corrected chi connectivity index (χ0v) is 6.08. The van der Waals surface area contributed by atoms with Crippen molar-refractivity contribution in [3.05, 3.63) is 0 Å². The van der Waals surface area contributed by atoms with Gasteiger partial charge < -0.3 is 25.2 Å². The highest BCUT2D eigenvalue weighted by Crippen LogP contribution is 2.18. The zero-order chi connectivity index (χ0) is 8.59. The minimum Gasteiger partial charge on any atom is -0.388 e. The summed E-state index contributed by atoms with van der Waals surface area (Å²) < 4.78 is 4.68. The fourth-order valence-corrected chi connectivity index (χ4v) is 1.03. The predicted octanol–water partition coefficient (Wildman–Crippen LogP) is -2.19. The molecule has 0 aliphatic carbocycles. The summed E-state index contributed by atoms with van der Waals surface area (Å²) in [6.45, 7) is 1.50. The molecule has 11 heavy (non-hydrogen) atoms.